The van der Waals surface area contributed by atoms with Gasteiger partial charge in [-0.3, -0.25) is 14.7 Å². The lowest BCUT2D eigenvalue weighted by Crippen LogP contribution is -2.38. The Balaban J connectivity index is 1.69. The van der Waals surface area contributed by atoms with Crippen LogP contribution in [0.25, 0.3) is 0 Å². The molecule has 120 valence electrons. The summed E-state index contributed by atoms with van der Waals surface area (Å²) < 4.78 is 0. The largest absolute Gasteiger partial charge is 0.298 e. The molecule has 0 saturated carbocycles. The topological polar surface area (TPSA) is 33.2 Å². The van der Waals surface area contributed by atoms with Crippen molar-refractivity contribution in [3.05, 3.63) is 64.4 Å². The standard InChI is InChI=1S/C19H21ClN2O/c1-14-10-17(20)6-7-18(14)19(23)16-5-3-9-22(13-16)12-15-4-2-8-21-11-15/h2,4,6-8,10-11,16H,3,5,9,12-13H2,1H3/t16-/m0/s1. The first kappa shape index (κ1) is 16.2. The lowest BCUT2D eigenvalue weighted by molar-refractivity contribution is 0.0811. The summed E-state index contributed by atoms with van der Waals surface area (Å²) in [7, 11) is 0. The summed E-state index contributed by atoms with van der Waals surface area (Å²) >= 11 is 6.00. The Morgan fingerprint density at radius 3 is 3.00 bits per heavy atom. The van der Waals surface area contributed by atoms with Gasteiger partial charge in [0.1, 0.15) is 0 Å². The van der Waals surface area contributed by atoms with Crippen LogP contribution in [0.3, 0.4) is 0 Å². The van der Waals surface area contributed by atoms with Crippen LogP contribution in [0.1, 0.15) is 34.3 Å². The molecule has 0 amide bonds. The highest BCUT2D eigenvalue weighted by Crippen LogP contribution is 2.25. The molecule has 2 heterocycles. The van der Waals surface area contributed by atoms with Crippen LogP contribution < -0.4 is 0 Å². The van der Waals surface area contributed by atoms with E-state index in [1.807, 2.05) is 31.3 Å². The number of halogens is 1. The summed E-state index contributed by atoms with van der Waals surface area (Å²) in [6.07, 6.45) is 5.71. The fourth-order valence-corrected chi connectivity index (χ4v) is 3.51. The van der Waals surface area contributed by atoms with Crippen LogP contribution in [0.2, 0.25) is 5.02 Å². The van der Waals surface area contributed by atoms with Gasteiger partial charge in [0.05, 0.1) is 0 Å². The van der Waals surface area contributed by atoms with Gasteiger partial charge < -0.3 is 0 Å². The van der Waals surface area contributed by atoms with E-state index >= 15 is 0 Å². The van der Waals surface area contributed by atoms with Gasteiger partial charge in [-0.25, -0.2) is 0 Å². The highest BCUT2D eigenvalue weighted by Gasteiger charge is 2.27. The normalized spacial score (nSPS) is 18.8. The summed E-state index contributed by atoms with van der Waals surface area (Å²) in [6, 6.07) is 9.57. The zero-order chi connectivity index (χ0) is 16.2. The minimum Gasteiger partial charge on any atom is -0.298 e. The zero-order valence-electron chi connectivity index (χ0n) is 13.3. The van der Waals surface area contributed by atoms with E-state index in [1.165, 1.54) is 5.56 Å². The van der Waals surface area contributed by atoms with Crippen LogP contribution >= 0.6 is 11.6 Å². The number of aromatic nitrogens is 1. The molecule has 1 aliphatic rings. The molecule has 0 unspecified atom stereocenters. The maximum absolute atomic E-state index is 12.8. The first-order valence-corrected chi connectivity index (χ1v) is 8.43. The third-order valence-corrected chi connectivity index (χ3v) is 4.69. The molecule has 0 aliphatic carbocycles. The zero-order valence-corrected chi connectivity index (χ0v) is 14.1. The Morgan fingerprint density at radius 2 is 2.26 bits per heavy atom. The number of benzene rings is 1. The predicted molar refractivity (Wildman–Crippen MR) is 92.8 cm³/mol. The maximum Gasteiger partial charge on any atom is 0.167 e. The van der Waals surface area contributed by atoms with Crippen molar-refractivity contribution in [2.24, 2.45) is 5.92 Å². The Hall–Kier alpha value is -1.71. The summed E-state index contributed by atoms with van der Waals surface area (Å²) in [4.78, 5) is 19.4. The molecule has 1 atom stereocenters. The van der Waals surface area contributed by atoms with E-state index in [1.54, 1.807) is 12.3 Å². The number of hydrogen-bond acceptors (Lipinski definition) is 3. The number of rotatable bonds is 4. The summed E-state index contributed by atoms with van der Waals surface area (Å²) in [5.74, 6) is 0.315. The second-order valence-electron chi connectivity index (χ2n) is 6.26. The van der Waals surface area contributed by atoms with Gasteiger partial charge in [0, 0.05) is 42.0 Å². The number of nitrogens with zero attached hydrogens (tertiary/aromatic N) is 2. The SMILES string of the molecule is Cc1cc(Cl)ccc1C(=O)[C@H]1CCCN(Cc2cccnc2)C1. The molecular weight excluding hydrogens is 308 g/mol. The number of piperidine rings is 1. The number of Topliss-reactive ketones (excluding diaryl/α,β-unsaturated/α-hetero) is 1. The molecule has 3 nitrogen and oxygen atoms in total. The highest BCUT2D eigenvalue weighted by atomic mass is 35.5. The van der Waals surface area contributed by atoms with Gasteiger partial charge in [0.25, 0.3) is 0 Å². The van der Waals surface area contributed by atoms with E-state index in [2.05, 4.69) is 16.0 Å². The highest BCUT2D eigenvalue weighted by molar-refractivity contribution is 6.30. The van der Waals surface area contributed by atoms with Gasteiger partial charge in [-0.1, -0.05) is 17.7 Å². The number of hydrogen-bond donors (Lipinski definition) is 0. The molecule has 3 rings (SSSR count). The smallest absolute Gasteiger partial charge is 0.167 e. The Labute approximate surface area is 142 Å². The minimum atomic E-state index is 0.0697. The van der Waals surface area contributed by atoms with E-state index in [-0.39, 0.29) is 11.7 Å². The average molecular weight is 329 g/mol. The molecule has 2 aromatic rings. The summed E-state index contributed by atoms with van der Waals surface area (Å²) in [5, 5.41) is 0.681. The molecule has 1 aromatic heterocycles. The number of aryl methyl sites for hydroxylation is 1. The van der Waals surface area contributed by atoms with Crippen molar-refractivity contribution in [1.29, 1.82) is 0 Å². The van der Waals surface area contributed by atoms with Crippen LogP contribution in [-0.4, -0.2) is 28.8 Å². The quantitative estimate of drug-likeness (QED) is 0.791. The van der Waals surface area contributed by atoms with Gasteiger partial charge in [-0.2, -0.15) is 0 Å². The van der Waals surface area contributed by atoms with Crippen molar-refractivity contribution in [3.8, 4) is 0 Å². The fourth-order valence-electron chi connectivity index (χ4n) is 3.29. The first-order chi connectivity index (χ1) is 11.1. The number of pyridine rings is 1. The van der Waals surface area contributed by atoms with Crippen molar-refractivity contribution in [2.45, 2.75) is 26.3 Å². The number of ketones is 1. The number of carbonyl (C=O) groups excluding carboxylic acids is 1. The predicted octanol–water partition coefficient (Wildman–Crippen LogP) is 4.14. The van der Waals surface area contributed by atoms with Gasteiger partial charge in [-0.15, -0.1) is 0 Å². The Bertz CT molecular complexity index is 687. The van der Waals surface area contributed by atoms with Crippen LogP contribution in [-0.2, 0) is 6.54 Å². The van der Waals surface area contributed by atoms with Crippen LogP contribution in [0.5, 0.6) is 0 Å². The Morgan fingerprint density at radius 1 is 1.39 bits per heavy atom. The van der Waals surface area contributed by atoms with Crippen molar-refractivity contribution in [3.63, 3.8) is 0 Å². The van der Waals surface area contributed by atoms with Gasteiger partial charge in [0.15, 0.2) is 5.78 Å². The van der Waals surface area contributed by atoms with E-state index in [4.69, 9.17) is 11.6 Å². The van der Waals surface area contributed by atoms with Crippen molar-refractivity contribution >= 4 is 17.4 Å². The molecular formula is C19H21ClN2O. The molecule has 1 fully saturated rings. The molecule has 0 bridgehead atoms. The average Bonchev–Trinajstić information content (AvgIpc) is 2.55. The van der Waals surface area contributed by atoms with Crippen LogP contribution in [0.4, 0.5) is 0 Å². The van der Waals surface area contributed by atoms with Gasteiger partial charge >= 0.3 is 0 Å². The molecule has 0 spiro atoms. The van der Waals surface area contributed by atoms with Crippen LogP contribution in [0, 0.1) is 12.8 Å². The van der Waals surface area contributed by atoms with E-state index < -0.39 is 0 Å². The van der Waals surface area contributed by atoms with Crippen LogP contribution in [0.15, 0.2) is 42.7 Å². The molecule has 0 radical (unpaired) electrons. The van der Waals surface area contributed by atoms with E-state index in [9.17, 15) is 4.79 Å². The fraction of sp³-hybridized carbons (Fsp3) is 0.368. The molecule has 4 heteroatoms. The van der Waals surface area contributed by atoms with Crippen molar-refractivity contribution in [2.75, 3.05) is 13.1 Å². The lowest BCUT2D eigenvalue weighted by atomic mass is 9.88. The molecule has 1 saturated heterocycles. The van der Waals surface area contributed by atoms with Gasteiger partial charge in [0.2, 0.25) is 0 Å². The van der Waals surface area contributed by atoms with Crippen molar-refractivity contribution in [1.82, 2.24) is 9.88 Å². The summed E-state index contributed by atoms with van der Waals surface area (Å²) in [5.41, 5.74) is 2.97. The van der Waals surface area contributed by atoms with Crippen molar-refractivity contribution < 1.29 is 4.79 Å². The monoisotopic (exact) mass is 328 g/mol. The molecule has 1 aromatic carbocycles. The van der Waals surface area contributed by atoms with E-state index in [0.29, 0.717) is 5.02 Å². The maximum atomic E-state index is 12.8. The third-order valence-electron chi connectivity index (χ3n) is 4.46. The summed E-state index contributed by atoms with van der Waals surface area (Å²) in [6.45, 7) is 4.67. The first-order valence-electron chi connectivity index (χ1n) is 8.05. The minimum absolute atomic E-state index is 0.0697. The van der Waals surface area contributed by atoms with E-state index in [0.717, 1.165) is 43.6 Å². The molecule has 23 heavy (non-hydrogen) atoms. The number of carbonyl (C=O) groups is 1. The second-order valence-corrected chi connectivity index (χ2v) is 6.70. The Kier molecular flexibility index (Phi) is 5.09. The molecule has 0 N–H and O–H groups in total. The number of likely N-dealkylation sites (tertiary alicyclic amines) is 1. The lowest BCUT2D eigenvalue weighted by Gasteiger charge is -2.32. The molecule has 1 aliphatic heterocycles. The third kappa shape index (κ3) is 3.98. The second kappa shape index (κ2) is 7.24. The van der Waals surface area contributed by atoms with Gasteiger partial charge in [-0.05, 0) is 61.7 Å².